The van der Waals surface area contributed by atoms with Gasteiger partial charge in [0, 0.05) is 36.0 Å². The van der Waals surface area contributed by atoms with E-state index >= 15 is 0 Å². The fraction of sp³-hybridized carbons (Fsp3) is 0.200. The van der Waals surface area contributed by atoms with Crippen molar-refractivity contribution in [3.05, 3.63) is 97.7 Å². The second kappa shape index (κ2) is 8.49. The van der Waals surface area contributed by atoms with Crippen molar-refractivity contribution in [2.75, 3.05) is 4.90 Å². The minimum atomic E-state index is -1.16. The molecule has 4 atom stereocenters. The summed E-state index contributed by atoms with van der Waals surface area (Å²) in [5, 5.41) is 31.8. The number of nitrogens with zero attached hydrogens (tertiary/aromatic N) is 5. The number of anilines is 1. The molecule has 2 amide bonds. The molecule has 2 saturated heterocycles. The quantitative estimate of drug-likeness (QED) is 0.260. The zero-order chi connectivity index (χ0) is 26.6. The number of allylic oxidation sites excluding steroid dienone is 2. The third-order valence-electron chi connectivity index (χ3n) is 6.92. The van der Waals surface area contributed by atoms with E-state index in [-0.39, 0.29) is 28.2 Å². The highest BCUT2D eigenvalue weighted by molar-refractivity contribution is 6.25. The van der Waals surface area contributed by atoms with Crippen LogP contribution >= 0.6 is 0 Å². The predicted octanol–water partition coefficient (Wildman–Crippen LogP) is 2.83. The van der Waals surface area contributed by atoms with Gasteiger partial charge >= 0.3 is 0 Å². The standard InChI is InChI=1S/C25H17N5O7/c1-13-9-17(30(36)37)5-6-18(13)28-24(32)20-19-10-14(12-26)7-8-27(19)22(21(20)25(28)33)23(31)15-3-2-4-16(11-15)29(34)35/h2-11,19-22H,1H3/t19-,20-,21-,22-/m0/s1. The molecule has 0 saturated carbocycles. The molecule has 37 heavy (non-hydrogen) atoms. The topological polar surface area (TPSA) is 168 Å². The molecule has 3 aliphatic heterocycles. The SMILES string of the molecule is Cc1cc([N+](=O)[O-])ccc1N1C(=O)[C@@H]2[C@H](C1=O)[C@@H](C(=O)c1cccc([N+](=O)[O-])c1)N1C=CC(C#N)=C[C@@H]21. The minimum Gasteiger partial charge on any atom is -0.359 e. The van der Waals surface area contributed by atoms with E-state index in [4.69, 9.17) is 0 Å². The molecule has 2 fully saturated rings. The summed E-state index contributed by atoms with van der Waals surface area (Å²) in [6, 6.07) is 8.94. The van der Waals surface area contributed by atoms with Crippen LogP contribution in [0.2, 0.25) is 0 Å². The van der Waals surface area contributed by atoms with Crippen LogP contribution in [0.3, 0.4) is 0 Å². The van der Waals surface area contributed by atoms with E-state index in [9.17, 15) is 39.9 Å². The van der Waals surface area contributed by atoms with Gasteiger partial charge in [0.25, 0.3) is 11.4 Å². The monoisotopic (exact) mass is 499 g/mol. The Morgan fingerprint density at radius 1 is 1.00 bits per heavy atom. The number of ketones is 1. The molecule has 3 aliphatic rings. The Hall–Kier alpha value is -5.18. The zero-order valence-corrected chi connectivity index (χ0v) is 19.2. The molecular formula is C25H17N5O7. The summed E-state index contributed by atoms with van der Waals surface area (Å²) in [7, 11) is 0. The number of aryl methyl sites for hydroxylation is 1. The lowest BCUT2D eigenvalue weighted by molar-refractivity contribution is -0.385. The first-order valence-corrected chi connectivity index (χ1v) is 11.1. The molecule has 0 N–H and O–H groups in total. The van der Waals surface area contributed by atoms with Gasteiger partial charge in [-0.05, 0) is 30.7 Å². The normalized spacial score (nSPS) is 23.8. The lowest BCUT2D eigenvalue weighted by Gasteiger charge is -2.32. The van der Waals surface area contributed by atoms with Crippen molar-refractivity contribution in [3.63, 3.8) is 0 Å². The van der Waals surface area contributed by atoms with E-state index in [1.54, 1.807) is 4.90 Å². The Morgan fingerprint density at radius 2 is 1.68 bits per heavy atom. The Balaban J connectivity index is 1.60. The number of imide groups is 1. The minimum absolute atomic E-state index is 0.00674. The second-order valence-corrected chi connectivity index (χ2v) is 8.90. The van der Waals surface area contributed by atoms with Gasteiger partial charge in [0.1, 0.15) is 6.04 Å². The van der Waals surface area contributed by atoms with Crippen LogP contribution in [0.4, 0.5) is 17.1 Å². The van der Waals surface area contributed by atoms with Crippen LogP contribution < -0.4 is 4.90 Å². The van der Waals surface area contributed by atoms with Crippen LogP contribution in [0.5, 0.6) is 0 Å². The molecule has 2 aromatic carbocycles. The summed E-state index contributed by atoms with van der Waals surface area (Å²) >= 11 is 0. The molecule has 5 rings (SSSR count). The lowest BCUT2D eigenvalue weighted by atomic mass is 9.86. The van der Waals surface area contributed by atoms with Crippen LogP contribution in [-0.2, 0) is 9.59 Å². The Kier molecular flexibility index (Phi) is 5.40. The molecule has 0 spiro atoms. The summed E-state index contributed by atoms with van der Waals surface area (Å²) in [5.74, 6) is -3.99. The predicted molar refractivity (Wildman–Crippen MR) is 127 cm³/mol. The molecular weight excluding hydrogens is 482 g/mol. The van der Waals surface area contributed by atoms with Gasteiger partial charge in [-0.25, -0.2) is 4.90 Å². The Morgan fingerprint density at radius 3 is 2.32 bits per heavy atom. The van der Waals surface area contributed by atoms with Crippen LogP contribution in [-0.4, -0.2) is 44.4 Å². The number of Topliss-reactive ketones (excluding diaryl/α,β-unsaturated/α-hetero) is 1. The molecule has 0 aliphatic carbocycles. The zero-order valence-electron chi connectivity index (χ0n) is 19.2. The van der Waals surface area contributed by atoms with E-state index in [2.05, 4.69) is 0 Å². The fourth-order valence-electron chi connectivity index (χ4n) is 5.31. The smallest absolute Gasteiger partial charge is 0.270 e. The summed E-state index contributed by atoms with van der Waals surface area (Å²) in [4.78, 5) is 64.8. The number of benzene rings is 2. The highest BCUT2D eigenvalue weighted by Gasteiger charge is 2.63. The number of carbonyl (C=O) groups is 3. The number of nitro groups is 2. The maximum absolute atomic E-state index is 13.8. The average Bonchev–Trinajstić information content (AvgIpc) is 3.35. The van der Waals surface area contributed by atoms with Crippen LogP contribution in [0, 0.1) is 50.3 Å². The van der Waals surface area contributed by atoms with Crippen LogP contribution in [0.15, 0.2) is 66.4 Å². The number of nitriles is 1. The fourth-order valence-corrected chi connectivity index (χ4v) is 5.31. The van der Waals surface area contributed by atoms with Gasteiger partial charge in [-0.3, -0.25) is 34.6 Å². The van der Waals surface area contributed by atoms with E-state index in [0.717, 1.165) is 11.0 Å². The maximum atomic E-state index is 13.8. The number of hydrogen-bond donors (Lipinski definition) is 0. The average molecular weight is 499 g/mol. The number of hydrogen-bond acceptors (Lipinski definition) is 9. The number of non-ortho nitro benzene ring substituents is 2. The molecule has 0 radical (unpaired) electrons. The van der Waals surface area contributed by atoms with Gasteiger partial charge in [0.05, 0.1) is 45.1 Å². The second-order valence-electron chi connectivity index (χ2n) is 8.90. The molecule has 0 bridgehead atoms. The molecule has 12 heteroatoms. The Bertz CT molecular complexity index is 1520. The molecule has 0 unspecified atom stereocenters. The molecule has 0 aromatic heterocycles. The Labute approximate surface area is 209 Å². The van der Waals surface area contributed by atoms with Gasteiger partial charge in [-0.15, -0.1) is 0 Å². The number of rotatable bonds is 5. The number of carbonyl (C=O) groups excluding carboxylic acids is 3. The number of fused-ring (bicyclic) bond motifs is 3. The molecule has 2 aromatic rings. The third-order valence-corrected chi connectivity index (χ3v) is 6.92. The van der Waals surface area contributed by atoms with Crippen molar-refractivity contribution in [3.8, 4) is 6.07 Å². The van der Waals surface area contributed by atoms with Crippen molar-refractivity contribution < 1.29 is 24.2 Å². The molecule has 184 valence electrons. The highest BCUT2D eigenvalue weighted by Crippen LogP contribution is 2.47. The third kappa shape index (κ3) is 3.56. The van der Waals surface area contributed by atoms with Gasteiger partial charge < -0.3 is 4.90 Å². The van der Waals surface area contributed by atoms with Crippen LogP contribution in [0.1, 0.15) is 15.9 Å². The van der Waals surface area contributed by atoms with E-state index in [1.807, 2.05) is 6.07 Å². The first-order valence-electron chi connectivity index (χ1n) is 11.1. The highest BCUT2D eigenvalue weighted by atomic mass is 16.6. The lowest BCUT2D eigenvalue weighted by Crippen LogP contribution is -2.46. The van der Waals surface area contributed by atoms with Crippen molar-refractivity contribution in [1.82, 2.24) is 4.90 Å². The summed E-state index contributed by atoms with van der Waals surface area (Å²) in [5.41, 5.74) is 0.255. The van der Waals surface area contributed by atoms with E-state index < -0.39 is 51.4 Å². The van der Waals surface area contributed by atoms with Gasteiger partial charge in [-0.1, -0.05) is 12.1 Å². The first kappa shape index (κ1) is 23.6. The van der Waals surface area contributed by atoms with E-state index in [0.29, 0.717) is 5.56 Å². The first-order chi connectivity index (χ1) is 17.6. The van der Waals surface area contributed by atoms with Gasteiger partial charge in [0.2, 0.25) is 11.8 Å². The van der Waals surface area contributed by atoms with Gasteiger partial charge in [0.15, 0.2) is 5.78 Å². The molecule has 3 heterocycles. The maximum Gasteiger partial charge on any atom is 0.270 e. The van der Waals surface area contributed by atoms with Crippen molar-refractivity contribution in [2.45, 2.75) is 19.0 Å². The summed E-state index contributed by atoms with van der Waals surface area (Å²) in [6.07, 6.45) is 4.48. The van der Waals surface area contributed by atoms with Crippen molar-refractivity contribution in [1.29, 1.82) is 5.26 Å². The molecule has 12 nitrogen and oxygen atoms in total. The van der Waals surface area contributed by atoms with Crippen molar-refractivity contribution in [2.24, 2.45) is 11.8 Å². The van der Waals surface area contributed by atoms with Crippen LogP contribution in [0.25, 0.3) is 0 Å². The van der Waals surface area contributed by atoms with Crippen molar-refractivity contribution >= 4 is 34.7 Å². The largest absolute Gasteiger partial charge is 0.359 e. The summed E-state index contributed by atoms with van der Waals surface area (Å²) in [6.45, 7) is 1.53. The van der Waals surface area contributed by atoms with E-state index in [1.165, 1.54) is 61.7 Å². The summed E-state index contributed by atoms with van der Waals surface area (Å²) < 4.78 is 0. The van der Waals surface area contributed by atoms with Gasteiger partial charge in [-0.2, -0.15) is 5.26 Å². The number of nitro benzene ring substituents is 2. The number of amides is 2.